The van der Waals surface area contributed by atoms with Gasteiger partial charge in [0, 0.05) is 11.1 Å². The van der Waals surface area contributed by atoms with Crippen molar-refractivity contribution in [1.82, 2.24) is 19.6 Å². The molecule has 0 saturated carbocycles. The van der Waals surface area contributed by atoms with E-state index in [9.17, 15) is 8.42 Å². The van der Waals surface area contributed by atoms with E-state index in [0.717, 1.165) is 28.3 Å². The fraction of sp³-hybridized carbons (Fsp3) is 0.357. The Bertz CT molecular complexity index is 977. The first-order valence-electron chi connectivity index (χ1n) is 7.06. The number of hydrogen-bond donors (Lipinski definition) is 2. The normalized spacial score (nSPS) is 11.6. The molecule has 130 valence electrons. The van der Waals surface area contributed by atoms with E-state index >= 15 is 0 Å². The van der Waals surface area contributed by atoms with Crippen LogP contribution in [0.15, 0.2) is 18.2 Å². The lowest BCUT2D eigenvalue weighted by atomic mass is 10.3. The molecule has 0 saturated heterocycles. The third-order valence-corrected chi connectivity index (χ3v) is 3.11. The lowest BCUT2D eigenvalue weighted by Gasteiger charge is -2.12. The summed E-state index contributed by atoms with van der Waals surface area (Å²) < 4.78 is 27.8. The number of benzene rings is 1. The number of hydrogen-bond acceptors (Lipinski definition) is 6. The molecule has 0 unspecified atom stereocenters. The maximum atomic E-state index is 9.19. The largest absolute Gasteiger partial charge is 0.365 e. The van der Waals surface area contributed by atoms with Gasteiger partial charge in [-0.1, -0.05) is 11.6 Å². The van der Waals surface area contributed by atoms with Gasteiger partial charge in [0.15, 0.2) is 5.82 Å². The van der Waals surface area contributed by atoms with Crippen LogP contribution in [0.4, 0.5) is 5.82 Å². The smallest absolute Gasteiger partial charge is 0.261 e. The number of fused-ring (bicyclic) bond motifs is 3. The van der Waals surface area contributed by atoms with Crippen molar-refractivity contribution in [3.8, 4) is 0 Å². The van der Waals surface area contributed by atoms with Crippen molar-refractivity contribution in [2.45, 2.75) is 26.8 Å². The summed E-state index contributed by atoms with van der Waals surface area (Å²) in [5.41, 5.74) is 2.50. The van der Waals surface area contributed by atoms with Crippen LogP contribution in [-0.2, 0) is 10.1 Å². The Labute approximate surface area is 144 Å². The Morgan fingerprint density at radius 3 is 2.50 bits per heavy atom. The Balaban J connectivity index is 0.000000368. The van der Waals surface area contributed by atoms with Crippen molar-refractivity contribution >= 4 is 44.2 Å². The molecule has 0 aliphatic heterocycles. The Morgan fingerprint density at radius 1 is 1.29 bits per heavy atom. The highest BCUT2D eigenvalue weighted by atomic mass is 35.5. The topological polar surface area (TPSA) is 109 Å². The van der Waals surface area contributed by atoms with Gasteiger partial charge >= 0.3 is 0 Å². The van der Waals surface area contributed by atoms with Gasteiger partial charge < -0.3 is 5.32 Å². The lowest BCUT2D eigenvalue weighted by molar-refractivity contribution is 0.490. The number of rotatable bonds is 2. The van der Waals surface area contributed by atoms with Gasteiger partial charge in [-0.05, 0) is 39.0 Å². The predicted molar refractivity (Wildman–Crippen MR) is 94.3 cm³/mol. The van der Waals surface area contributed by atoms with Crippen molar-refractivity contribution in [3.05, 3.63) is 29.0 Å². The minimum Gasteiger partial charge on any atom is -0.365 e. The summed E-state index contributed by atoms with van der Waals surface area (Å²) in [7, 11) is -3.67. The molecule has 0 aliphatic rings. The summed E-state index contributed by atoms with van der Waals surface area (Å²) in [5, 5.41) is 12.3. The highest BCUT2D eigenvalue weighted by Crippen LogP contribution is 2.24. The Kier molecular flexibility index (Phi) is 5.26. The molecule has 0 spiro atoms. The Hall–Kier alpha value is -1.97. The van der Waals surface area contributed by atoms with E-state index in [1.165, 1.54) is 0 Å². The van der Waals surface area contributed by atoms with Gasteiger partial charge in [-0.2, -0.15) is 8.42 Å². The van der Waals surface area contributed by atoms with Crippen LogP contribution in [0.25, 0.3) is 16.7 Å². The molecule has 0 radical (unpaired) electrons. The van der Waals surface area contributed by atoms with Crippen molar-refractivity contribution in [2.24, 2.45) is 0 Å². The van der Waals surface area contributed by atoms with E-state index in [1.54, 1.807) is 0 Å². The molecule has 2 heterocycles. The molecule has 10 heteroatoms. The molecule has 0 atom stereocenters. The van der Waals surface area contributed by atoms with E-state index in [4.69, 9.17) is 16.2 Å². The number of halogens is 1. The van der Waals surface area contributed by atoms with Gasteiger partial charge in [0.1, 0.15) is 5.82 Å². The third kappa shape index (κ3) is 4.53. The van der Waals surface area contributed by atoms with E-state index in [1.807, 2.05) is 29.5 Å². The molecule has 1 aromatic carbocycles. The van der Waals surface area contributed by atoms with Crippen molar-refractivity contribution in [2.75, 3.05) is 11.6 Å². The molecule has 3 rings (SSSR count). The van der Waals surface area contributed by atoms with Crippen LogP contribution in [0.1, 0.15) is 19.7 Å². The molecule has 0 amide bonds. The molecule has 2 aromatic heterocycles. The molecule has 3 aromatic rings. The fourth-order valence-corrected chi connectivity index (χ4v) is 2.28. The second-order valence-corrected chi connectivity index (χ2v) is 7.43. The average molecular weight is 372 g/mol. The zero-order chi connectivity index (χ0) is 18.1. The summed E-state index contributed by atoms with van der Waals surface area (Å²) in [6.07, 6.45) is 0.715. The van der Waals surface area contributed by atoms with E-state index in [0.29, 0.717) is 11.3 Å². The summed E-state index contributed by atoms with van der Waals surface area (Å²) in [6.45, 7) is 6.04. The first kappa shape index (κ1) is 18.4. The van der Waals surface area contributed by atoms with Crippen LogP contribution in [0, 0.1) is 6.92 Å². The fourth-order valence-electron chi connectivity index (χ4n) is 2.12. The standard InChI is InChI=1S/C13H14ClN5.CH4O3S/c1-7(2)15-12-13-18-17-8(3)19(13)11-6-9(14)4-5-10(11)16-12;1-5(2,3)4/h4-7H,1-3H3,(H,15,16);1H3,(H,2,3,4). The minimum absolute atomic E-state index is 0.276. The van der Waals surface area contributed by atoms with E-state index in [2.05, 4.69) is 34.3 Å². The highest BCUT2D eigenvalue weighted by Gasteiger charge is 2.13. The van der Waals surface area contributed by atoms with Crippen LogP contribution < -0.4 is 5.32 Å². The van der Waals surface area contributed by atoms with E-state index < -0.39 is 10.1 Å². The monoisotopic (exact) mass is 371 g/mol. The van der Waals surface area contributed by atoms with Crippen molar-refractivity contribution < 1.29 is 13.0 Å². The van der Waals surface area contributed by atoms with Gasteiger partial charge in [-0.15, -0.1) is 10.2 Å². The second kappa shape index (κ2) is 6.88. The number of aromatic nitrogens is 4. The number of anilines is 1. The van der Waals surface area contributed by atoms with Crippen LogP contribution in [-0.4, -0.2) is 44.9 Å². The number of nitrogens with zero attached hydrogens (tertiary/aromatic N) is 4. The van der Waals surface area contributed by atoms with Gasteiger partial charge in [0.25, 0.3) is 10.1 Å². The average Bonchev–Trinajstić information content (AvgIpc) is 2.80. The first-order chi connectivity index (χ1) is 11.1. The highest BCUT2D eigenvalue weighted by molar-refractivity contribution is 7.85. The molecule has 2 N–H and O–H groups in total. The number of aryl methyl sites for hydroxylation is 1. The predicted octanol–water partition coefficient (Wildman–Crippen LogP) is 2.56. The van der Waals surface area contributed by atoms with Crippen molar-refractivity contribution in [3.63, 3.8) is 0 Å². The molecule has 0 aliphatic carbocycles. The maximum absolute atomic E-state index is 9.19. The minimum atomic E-state index is -3.67. The molecule has 8 nitrogen and oxygen atoms in total. The lowest BCUT2D eigenvalue weighted by Crippen LogP contribution is -2.12. The summed E-state index contributed by atoms with van der Waals surface area (Å²) >= 11 is 6.06. The SMILES string of the molecule is CS(=O)(=O)O.Cc1nnc2c(NC(C)C)nc3ccc(Cl)cc3n12. The third-order valence-electron chi connectivity index (χ3n) is 2.87. The summed E-state index contributed by atoms with van der Waals surface area (Å²) in [6, 6.07) is 5.90. The number of nitrogens with one attached hydrogen (secondary N) is 1. The quantitative estimate of drug-likeness (QED) is 0.666. The molecule has 0 bridgehead atoms. The summed E-state index contributed by atoms with van der Waals surface area (Å²) in [5.74, 6) is 1.56. The zero-order valence-electron chi connectivity index (χ0n) is 13.6. The maximum Gasteiger partial charge on any atom is 0.261 e. The second-order valence-electron chi connectivity index (χ2n) is 5.53. The Morgan fingerprint density at radius 2 is 1.92 bits per heavy atom. The van der Waals surface area contributed by atoms with E-state index in [-0.39, 0.29) is 6.04 Å². The van der Waals surface area contributed by atoms with Gasteiger partial charge in [0.2, 0.25) is 5.65 Å². The van der Waals surface area contributed by atoms with Crippen LogP contribution in [0.2, 0.25) is 5.02 Å². The molecule has 24 heavy (non-hydrogen) atoms. The first-order valence-corrected chi connectivity index (χ1v) is 9.29. The van der Waals surface area contributed by atoms with Crippen LogP contribution >= 0.6 is 11.6 Å². The summed E-state index contributed by atoms with van der Waals surface area (Å²) in [4.78, 5) is 4.60. The van der Waals surface area contributed by atoms with Gasteiger partial charge in [-0.25, -0.2) is 4.98 Å². The van der Waals surface area contributed by atoms with Crippen LogP contribution in [0.5, 0.6) is 0 Å². The van der Waals surface area contributed by atoms with Crippen LogP contribution in [0.3, 0.4) is 0 Å². The van der Waals surface area contributed by atoms with Crippen molar-refractivity contribution in [1.29, 1.82) is 0 Å². The zero-order valence-corrected chi connectivity index (χ0v) is 15.2. The molecular formula is C14H18ClN5O3S. The molecule has 0 fully saturated rings. The van der Waals surface area contributed by atoms with Gasteiger partial charge in [-0.3, -0.25) is 8.95 Å². The van der Waals surface area contributed by atoms with Gasteiger partial charge in [0.05, 0.1) is 17.3 Å². The molecular weight excluding hydrogens is 354 g/mol.